The third-order valence-corrected chi connectivity index (χ3v) is 7.51. The number of carboxylic acids is 1. The predicted octanol–water partition coefficient (Wildman–Crippen LogP) is 4.92. The number of piperidine rings is 1. The van der Waals surface area contributed by atoms with Crippen molar-refractivity contribution in [3.63, 3.8) is 0 Å². The van der Waals surface area contributed by atoms with Gasteiger partial charge in [-0.1, -0.05) is 29.8 Å². The van der Waals surface area contributed by atoms with Gasteiger partial charge in [0.05, 0.1) is 0 Å². The summed E-state index contributed by atoms with van der Waals surface area (Å²) in [4.78, 5) is 18.8. The molecular formula is C31H40N4O3. The Morgan fingerprint density at radius 3 is 2.26 bits per heavy atom. The summed E-state index contributed by atoms with van der Waals surface area (Å²) in [6, 6.07) is 15.3. The Morgan fingerprint density at radius 1 is 1.00 bits per heavy atom. The number of aliphatic carboxylic acids is 1. The van der Waals surface area contributed by atoms with Crippen LogP contribution in [0.5, 0.6) is 0 Å². The molecule has 1 aliphatic heterocycles. The molecule has 2 unspecified atom stereocenters. The molecule has 7 nitrogen and oxygen atoms in total. The second kappa shape index (κ2) is 12.4. The van der Waals surface area contributed by atoms with Crippen LogP contribution in [0.25, 0.3) is 0 Å². The van der Waals surface area contributed by atoms with E-state index in [1.807, 2.05) is 57.3 Å². The van der Waals surface area contributed by atoms with Gasteiger partial charge in [-0.25, -0.2) is 4.98 Å². The topological polar surface area (TPSA) is 97.7 Å². The van der Waals surface area contributed by atoms with Gasteiger partial charge in [0.1, 0.15) is 18.1 Å². The molecule has 0 amide bonds. The Labute approximate surface area is 225 Å². The van der Waals surface area contributed by atoms with E-state index in [1.54, 1.807) is 0 Å². The summed E-state index contributed by atoms with van der Waals surface area (Å²) < 4.78 is 0. The van der Waals surface area contributed by atoms with E-state index in [1.165, 1.54) is 5.56 Å². The molecule has 202 valence electrons. The van der Waals surface area contributed by atoms with Gasteiger partial charge in [-0.2, -0.15) is 0 Å². The Balaban J connectivity index is 1.30. The summed E-state index contributed by atoms with van der Waals surface area (Å²) in [7, 11) is 0. The smallest absolute Gasteiger partial charge is 0.321 e. The number of carbonyl (C=O) groups is 1. The van der Waals surface area contributed by atoms with Gasteiger partial charge in [0.2, 0.25) is 0 Å². The first kappa shape index (κ1) is 27.6. The maximum Gasteiger partial charge on any atom is 0.321 e. The van der Waals surface area contributed by atoms with Crippen molar-refractivity contribution in [1.82, 2.24) is 10.3 Å². The molecule has 0 bridgehead atoms. The molecule has 2 heterocycles. The highest BCUT2D eigenvalue weighted by molar-refractivity contribution is 5.74. The van der Waals surface area contributed by atoms with Crippen molar-refractivity contribution in [3.8, 4) is 0 Å². The van der Waals surface area contributed by atoms with Gasteiger partial charge in [0.25, 0.3) is 0 Å². The highest BCUT2D eigenvalue weighted by atomic mass is 16.4. The van der Waals surface area contributed by atoms with Gasteiger partial charge in [0.15, 0.2) is 0 Å². The number of aryl methyl sites for hydroxylation is 4. The molecule has 1 saturated heterocycles. The number of hydrogen-bond donors (Lipinski definition) is 4. The molecular weight excluding hydrogens is 476 g/mol. The zero-order chi connectivity index (χ0) is 27.2. The van der Waals surface area contributed by atoms with Gasteiger partial charge in [-0.15, -0.1) is 0 Å². The summed E-state index contributed by atoms with van der Waals surface area (Å²) in [5.41, 5.74) is 7.04. The van der Waals surface area contributed by atoms with Crippen LogP contribution in [-0.2, 0) is 11.2 Å². The van der Waals surface area contributed by atoms with Gasteiger partial charge in [0, 0.05) is 37.1 Å². The molecule has 1 aromatic heterocycles. The first-order valence-electron chi connectivity index (χ1n) is 13.4. The highest BCUT2D eigenvalue weighted by Gasteiger charge is 2.24. The lowest BCUT2D eigenvalue weighted by molar-refractivity contribution is -0.140. The molecule has 0 spiro atoms. The van der Waals surface area contributed by atoms with Crippen molar-refractivity contribution in [1.29, 1.82) is 0 Å². The van der Waals surface area contributed by atoms with Crippen LogP contribution in [0, 0.1) is 33.6 Å². The van der Waals surface area contributed by atoms with Crippen LogP contribution in [0.2, 0.25) is 0 Å². The molecule has 7 heteroatoms. The van der Waals surface area contributed by atoms with Crippen LogP contribution in [-0.4, -0.2) is 46.8 Å². The Hall–Kier alpha value is -3.42. The lowest BCUT2D eigenvalue weighted by Gasteiger charge is -2.34. The predicted molar refractivity (Wildman–Crippen MR) is 153 cm³/mol. The number of nitrogens with zero attached hydrogens (tertiary/aromatic N) is 2. The van der Waals surface area contributed by atoms with Crippen molar-refractivity contribution in [2.24, 2.45) is 5.92 Å². The van der Waals surface area contributed by atoms with Gasteiger partial charge >= 0.3 is 5.97 Å². The molecule has 38 heavy (non-hydrogen) atoms. The molecule has 2 atom stereocenters. The SMILES string of the molecule is Cc1ccnc(NCC2CCN(c3ccc(CC(NC(O)c4c(C)cc(C)cc4C)C(=O)O)cc3)CC2)c1. The second-order valence-corrected chi connectivity index (χ2v) is 10.7. The number of aromatic nitrogens is 1. The number of pyridine rings is 1. The number of rotatable bonds is 10. The van der Waals surface area contributed by atoms with Crippen LogP contribution in [0.1, 0.15) is 52.5 Å². The third-order valence-electron chi connectivity index (χ3n) is 7.51. The van der Waals surface area contributed by atoms with Crippen molar-refractivity contribution in [2.45, 2.75) is 59.2 Å². The van der Waals surface area contributed by atoms with Crippen LogP contribution >= 0.6 is 0 Å². The van der Waals surface area contributed by atoms with Crippen LogP contribution in [0.3, 0.4) is 0 Å². The molecule has 4 rings (SSSR count). The zero-order valence-electron chi connectivity index (χ0n) is 22.9. The van der Waals surface area contributed by atoms with Crippen molar-refractivity contribution >= 4 is 17.5 Å². The summed E-state index contributed by atoms with van der Waals surface area (Å²) in [5.74, 6) is 0.573. The molecule has 0 radical (unpaired) electrons. The number of anilines is 2. The lowest BCUT2D eigenvalue weighted by Crippen LogP contribution is -2.41. The van der Waals surface area contributed by atoms with Gasteiger partial charge in [-0.05, 0) is 99.4 Å². The van der Waals surface area contributed by atoms with E-state index in [-0.39, 0.29) is 6.42 Å². The first-order valence-corrected chi connectivity index (χ1v) is 13.4. The summed E-state index contributed by atoms with van der Waals surface area (Å²) >= 11 is 0. The summed E-state index contributed by atoms with van der Waals surface area (Å²) in [5, 5.41) is 27.1. The summed E-state index contributed by atoms with van der Waals surface area (Å²) in [6.07, 6.45) is 3.31. The Bertz CT molecular complexity index is 1210. The third kappa shape index (κ3) is 7.11. The number of carboxylic acid groups (broad SMARTS) is 1. The average Bonchev–Trinajstić information content (AvgIpc) is 2.87. The molecule has 0 aliphatic carbocycles. The van der Waals surface area contributed by atoms with Crippen molar-refractivity contribution in [3.05, 3.63) is 88.1 Å². The number of aliphatic hydroxyl groups is 1. The lowest BCUT2D eigenvalue weighted by atomic mass is 9.96. The maximum atomic E-state index is 12.0. The normalized spacial score (nSPS) is 15.8. The average molecular weight is 517 g/mol. The second-order valence-electron chi connectivity index (χ2n) is 10.7. The minimum Gasteiger partial charge on any atom is -0.480 e. The number of nitrogens with one attached hydrogen (secondary N) is 2. The number of hydrogen-bond acceptors (Lipinski definition) is 6. The zero-order valence-corrected chi connectivity index (χ0v) is 22.9. The molecule has 4 N–H and O–H groups in total. The van der Waals surface area contributed by atoms with E-state index in [4.69, 9.17) is 0 Å². The van der Waals surface area contributed by atoms with E-state index in [9.17, 15) is 15.0 Å². The molecule has 3 aromatic rings. The fourth-order valence-corrected chi connectivity index (χ4v) is 5.47. The van der Waals surface area contributed by atoms with Crippen LogP contribution in [0.15, 0.2) is 54.7 Å². The van der Waals surface area contributed by atoms with Gasteiger partial charge in [-0.3, -0.25) is 10.1 Å². The largest absolute Gasteiger partial charge is 0.480 e. The Kier molecular flexibility index (Phi) is 9.02. The van der Waals surface area contributed by atoms with Crippen molar-refractivity contribution in [2.75, 3.05) is 29.9 Å². The van der Waals surface area contributed by atoms with Crippen molar-refractivity contribution < 1.29 is 15.0 Å². The van der Waals surface area contributed by atoms with E-state index < -0.39 is 18.2 Å². The van der Waals surface area contributed by atoms with Crippen LogP contribution < -0.4 is 15.5 Å². The van der Waals surface area contributed by atoms with E-state index in [0.29, 0.717) is 5.92 Å². The molecule has 1 fully saturated rings. The number of benzene rings is 2. The monoisotopic (exact) mass is 516 g/mol. The quantitative estimate of drug-likeness (QED) is 0.284. The van der Waals surface area contributed by atoms with Crippen LogP contribution in [0.4, 0.5) is 11.5 Å². The van der Waals surface area contributed by atoms with Gasteiger partial charge < -0.3 is 20.4 Å². The Morgan fingerprint density at radius 2 is 1.66 bits per heavy atom. The standard InChI is InChI=1S/C31H40N4O3/c1-20-9-12-32-28(17-20)33-19-25-10-13-35(14-11-25)26-7-5-24(6-8-26)18-27(31(37)38)34-30(36)29-22(3)15-21(2)16-23(29)4/h5-9,12,15-17,25,27,30,34,36H,10-11,13-14,18-19H2,1-4H3,(H,32,33)(H,37,38). The first-order chi connectivity index (χ1) is 18.2. The summed E-state index contributed by atoms with van der Waals surface area (Å²) in [6.45, 7) is 10.9. The molecule has 0 saturated carbocycles. The minimum absolute atomic E-state index is 0.289. The highest BCUT2D eigenvalue weighted by Crippen LogP contribution is 2.26. The number of aliphatic hydroxyl groups excluding tert-OH is 1. The fourth-order valence-electron chi connectivity index (χ4n) is 5.47. The van der Waals surface area contributed by atoms with E-state index >= 15 is 0 Å². The molecule has 1 aliphatic rings. The maximum absolute atomic E-state index is 12.0. The fraction of sp³-hybridized carbons (Fsp3) is 0.419. The molecule has 2 aromatic carbocycles. The van der Waals surface area contributed by atoms with E-state index in [0.717, 1.165) is 71.8 Å². The van der Waals surface area contributed by atoms with E-state index in [2.05, 4.69) is 45.6 Å². The minimum atomic E-state index is -1.05.